The number of hydrogen-bond donors (Lipinski definition) is 1. The molecule has 0 radical (unpaired) electrons. The molecule has 3 aliphatic rings. The van der Waals surface area contributed by atoms with Crippen molar-refractivity contribution in [1.82, 2.24) is 15.0 Å². The van der Waals surface area contributed by atoms with Crippen LogP contribution in [0.5, 0.6) is 0 Å². The minimum absolute atomic E-state index is 0.00625. The van der Waals surface area contributed by atoms with Gasteiger partial charge in [0.15, 0.2) is 25.5 Å². The fourth-order valence-corrected chi connectivity index (χ4v) is 16.2. The highest BCUT2D eigenvalue weighted by Gasteiger charge is 2.41. The SMILES string of the molecule is CC1=C(c2c(C3CC=C(c4cccc([Si](Cc5ccccc5)(C5=CCC=CC=C5)c5ccccc5)c4)C=C3c3nc(-c4ccccc4)nc(-c4ccccc4)n3)cccc2[SH](C)C)C=CCC1. The van der Waals surface area contributed by atoms with Crippen molar-refractivity contribution in [3.05, 3.63) is 257 Å². The Morgan fingerprint density at radius 3 is 1.91 bits per heavy atom. The summed E-state index contributed by atoms with van der Waals surface area (Å²) in [7, 11) is -3.05. The van der Waals surface area contributed by atoms with E-state index in [1.807, 2.05) is 12.1 Å². The lowest BCUT2D eigenvalue weighted by atomic mass is 9.77. The molecular weight excluding hydrogens is 847 g/mol. The number of aromatic nitrogens is 3. The third kappa shape index (κ3) is 9.14. The van der Waals surface area contributed by atoms with Gasteiger partial charge in [-0.3, -0.25) is 0 Å². The van der Waals surface area contributed by atoms with E-state index < -0.39 is 19.0 Å². The summed E-state index contributed by atoms with van der Waals surface area (Å²) in [5, 5.41) is 4.25. The molecule has 1 heterocycles. The summed E-state index contributed by atoms with van der Waals surface area (Å²) in [6, 6.07) is 60.7. The molecule has 0 fully saturated rings. The molecule has 5 heteroatoms. The van der Waals surface area contributed by atoms with Crippen LogP contribution in [0.15, 0.2) is 234 Å². The fourth-order valence-electron chi connectivity index (χ4n) is 10.2. The summed E-state index contributed by atoms with van der Waals surface area (Å²) in [6.45, 7) is 2.33. The normalized spacial score (nSPS) is 17.0. The maximum absolute atomic E-state index is 5.43. The van der Waals surface area contributed by atoms with Crippen molar-refractivity contribution in [2.75, 3.05) is 12.5 Å². The van der Waals surface area contributed by atoms with Crippen molar-refractivity contribution in [2.24, 2.45) is 0 Å². The summed E-state index contributed by atoms with van der Waals surface area (Å²) in [5.74, 6) is 2.07. The first kappa shape index (κ1) is 43.9. The maximum atomic E-state index is 5.43. The van der Waals surface area contributed by atoms with Crippen molar-refractivity contribution in [2.45, 2.75) is 49.5 Å². The van der Waals surface area contributed by atoms with Crippen molar-refractivity contribution < 1.29 is 0 Å². The summed E-state index contributed by atoms with van der Waals surface area (Å²) in [5.41, 5.74) is 12.4. The summed E-state index contributed by atoms with van der Waals surface area (Å²) in [6.07, 6.45) is 29.9. The van der Waals surface area contributed by atoms with Crippen LogP contribution in [-0.2, 0) is 6.04 Å². The van der Waals surface area contributed by atoms with E-state index in [1.54, 1.807) is 0 Å². The van der Waals surface area contributed by atoms with Crippen LogP contribution in [0.1, 0.15) is 66.6 Å². The topological polar surface area (TPSA) is 38.7 Å². The second-order valence-corrected chi connectivity index (χ2v) is 24.2. The van der Waals surface area contributed by atoms with Crippen LogP contribution >= 0.6 is 10.9 Å². The van der Waals surface area contributed by atoms with E-state index in [4.69, 9.17) is 15.0 Å². The zero-order valence-electron chi connectivity index (χ0n) is 38.7. The molecule has 0 saturated heterocycles. The van der Waals surface area contributed by atoms with Gasteiger partial charge in [0.1, 0.15) is 0 Å². The summed E-state index contributed by atoms with van der Waals surface area (Å²) >= 11 is 0. The van der Waals surface area contributed by atoms with Crippen LogP contribution in [-0.4, -0.2) is 35.5 Å². The molecule has 3 nitrogen and oxygen atoms in total. The molecule has 0 amide bonds. The van der Waals surface area contributed by atoms with Crippen LogP contribution < -0.4 is 10.4 Å². The van der Waals surface area contributed by atoms with E-state index >= 15 is 0 Å². The number of hydrogen-bond acceptors (Lipinski definition) is 3. The Morgan fingerprint density at radius 2 is 1.22 bits per heavy atom. The Morgan fingerprint density at radius 1 is 0.597 bits per heavy atom. The molecule has 10 rings (SSSR count). The second kappa shape index (κ2) is 19.9. The average Bonchev–Trinajstić information content (AvgIpc) is 3.69. The van der Waals surface area contributed by atoms with Gasteiger partial charge in [-0.2, -0.15) is 0 Å². The molecule has 0 N–H and O–H groups in total. The van der Waals surface area contributed by atoms with Gasteiger partial charge in [0.25, 0.3) is 0 Å². The van der Waals surface area contributed by atoms with Crippen molar-refractivity contribution in [1.29, 1.82) is 0 Å². The van der Waals surface area contributed by atoms with Gasteiger partial charge in [0.05, 0.1) is 0 Å². The highest BCUT2D eigenvalue weighted by atomic mass is 32.2. The smallest absolute Gasteiger partial charge is 0.164 e. The summed E-state index contributed by atoms with van der Waals surface area (Å²) in [4.78, 5) is 17.5. The Balaban J connectivity index is 1.19. The number of benzene rings is 6. The highest BCUT2D eigenvalue weighted by Crippen LogP contribution is 2.48. The van der Waals surface area contributed by atoms with E-state index in [9.17, 15) is 0 Å². The van der Waals surface area contributed by atoms with Gasteiger partial charge < -0.3 is 0 Å². The molecule has 0 saturated carbocycles. The van der Waals surface area contributed by atoms with Crippen LogP contribution in [0.2, 0.25) is 0 Å². The second-order valence-electron chi connectivity index (χ2n) is 18.1. The Kier molecular flexibility index (Phi) is 13.0. The van der Waals surface area contributed by atoms with E-state index in [0.717, 1.165) is 48.4 Å². The molecule has 1 aromatic heterocycles. The molecular formula is C62H57N3SSi. The Hall–Kier alpha value is -6.92. The molecule has 7 aromatic rings. The molecule has 0 spiro atoms. The van der Waals surface area contributed by atoms with Gasteiger partial charge >= 0.3 is 0 Å². The molecule has 2 atom stereocenters. The third-order valence-corrected chi connectivity index (χ3v) is 19.9. The lowest BCUT2D eigenvalue weighted by molar-refractivity contribution is 0.847. The lowest BCUT2D eigenvalue weighted by Gasteiger charge is -2.35. The molecule has 330 valence electrons. The van der Waals surface area contributed by atoms with E-state index in [-0.39, 0.29) is 5.92 Å². The number of allylic oxidation sites excluding steroid dienone is 14. The first-order valence-electron chi connectivity index (χ1n) is 23.7. The first-order valence-corrected chi connectivity index (χ1v) is 28.1. The van der Waals surface area contributed by atoms with Crippen molar-refractivity contribution >= 4 is 46.1 Å². The number of thiol groups is 1. The molecule has 0 bridgehead atoms. The zero-order valence-corrected chi connectivity index (χ0v) is 40.6. The fraction of sp³-hybridized carbons (Fsp3) is 0.145. The van der Waals surface area contributed by atoms with Crippen LogP contribution in [0.3, 0.4) is 0 Å². The lowest BCUT2D eigenvalue weighted by Crippen LogP contribution is -2.62. The Bertz CT molecular complexity index is 3070. The molecule has 0 aliphatic heterocycles. The van der Waals surface area contributed by atoms with E-state index in [1.165, 1.54) is 59.4 Å². The monoisotopic (exact) mass is 903 g/mol. The van der Waals surface area contributed by atoms with Crippen molar-refractivity contribution in [3.8, 4) is 22.8 Å². The minimum Gasteiger partial charge on any atom is -0.232 e. The van der Waals surface area contributed by atoms with Gasteiger partial charge in [-0.25, -0.2) is 25.8 Å². The minimum atomic E-state index is -2.66. The quantitative estimate of drug-likeness (QED) is 0.0981. The van der Waals surface area contributed by atoms with Gasteiger partial charge in [-0.05, 0) is 112 Å². The number of nitrogens with zero attached hydrogens (tertiary/aromatic N) is 3. The summed E-state index contributed by atoms with van der Waals surface area (Å²) < 4.78 is 0. The third-order valence-electron chi connectivity index (χ3n) is 13.6. The highest BCUT2D eigenvalue weighted by molar-refractivity contribution is 8.15. The molecule has 2 unspecified atom stereocenters. The van der Waals surface area contributed by atoms with Crippen LogP contribution in [0, 0.1) is 0 Å². The van der Waals surface area contributed by atoms with Crippen molar-refractivity contribution in [3.63, 3.8) is 0 Å². The standard InChI is InChI=1S/C62H57N3SSi/c1-45-24-20-21-37-54(45)59-56(38-23-39-58(59)66(2)3)55-41-40-50(43-57(55)62-64-60(47-27-12-7-13-28-47)63-61(65-62)48-29-14-8-15-30-48)49-31-22-36-53(42-49)67(52-34-18-9-19-35-52,44-46-25-10-6-11-26-46)51-32-16-4-5-17-33-51/h4-16,18-19,21-23,25-40,42-43,55,66H,17,20,24,41,44H2,1-3H3. The van der Waals surface area contributed by atoms with Crippen LogP contribution in [0.25, 0.3) is 39.5 Å². The van der Waals surface area contributed by atoms with Gasteiger partial charge in [-0.1, -0.05) is 217 Å². The Labute approximate surface area is 400 Å². The van der Waals surface area contributed by atoms with E-state index in [2.05, 4.69) is 226 Å². The predicted molar refractivity (Wildman–Crippen MR) is 290 cm³/mol. The van der Waals surface area contributed by atoms with Crippen LogP contribution in [0.4, 0.5) is 0 Å². The predicted octanol–water partition coefficient (Wildman–Crippen LogP) is 13.9. The zero-order chi connectivity index (χ0) is 45.6. The van der Waals surface area contributed by atoms with E-state index in [0.29, 0.717) is 17.5 Å². The molecule has 67 heavy (non-hydrogen) atoms. The van der Waals surface area contributed by atoms with Gasteiger partial charge in [-0.15, -0.1) is 0 Å². The molecule has 6 aromatic carbocycles. The average molecular weight is 904 g/mol. The van der Waals surface area contributed by atoms with Gasteiger partial charge in [0, 0.05) is 22.6 Å². The molecule has 3 aliphatic carbocycles. The number of rotatable bonds is 12. The first-order chi connectivity index (χ1) is 33.0. The largest absolute Gasteiger partial charge is 0.232 e. The van der Waals surface area contributed by atoms with Gasteiger partial charge in [0.2, 0.25) is 0 Å². The maximum Gasteiger partial charge on any atom is 0.164 e.